The standard InChI is InChI=1S/C32H39N5O2S2/c1-2-3-4-5-6-7-8-13-21-36-23-26(34-35-36)24-37(32-29(22-33)28-18-11-12-19-30(28)40-32)41(38,39)31-20-14-16-25-15-9-10-17-27(25)31/h9-10,14-17,20,23H,2-8,11-13,18-19,21,24H2,1H3. The molecule has 216 valence electrons. The summed E-state index contributed by atoms with van der Waals surface area (Å²) >= 11 is 1.44. The molecule has 0 bridgehead atoms. The van der Waals surface area contributed by atoms with E-state index in [0.29, 0.717) is 21.6 Å². The number of unbranched alkanes of at least 4 members (excludes halogenated alkanes) is 7. The maximum Gasteiger partial charge on any atom is 0.265 e. The Morgan fingerprint density at radius 2 is 1.71 bits per heavy atom. The fraction of sp³-hybridized carbons (Fsp3) is 0.469. The van der Waals surface area contributed by atoms with Crippen molar-refractivity contribution in [2.24, 2.45) is 0 Å². The van der Waals surface area contributed by atoms with Gasteiger partial charge in [0.1, 0.15) is 16.8 Å². The molecule has 0 atom stereocenters. The molecule has 2 aromatic carbocycles. The molecule has 2 heterocycles. The third-order valence-corrected chi connectivity index (χ3v) is 11.2. The summed E-state index contributed by atoms with van der Waals surface area (Å²) < 4.78 is 32.1. The van der Waals surface area contributed by atoms with Crippen molar-refractivity contribution >= 4 is 37.1 Å². The molecule has 1 aliphatic rings. The molecule has 0 aliphatic heterocycles. The lowest BCUT2D eigenvalue weighted by molar-refractivity contribution is 0.511. The molecule has 9 heteroatoms. The predicted octanol–water partition coefficient (Wildman–Crippen LogP) is 7.78. The van der Waals surface area contributed by atoms with Crippen molar-refractivity contribution in [3.8, 4) is 6.07 Å². The van der Waals surface area contributed by atoms with Gasteiger partial charge >= 0.3 is 0 Å². The van der Waals surface area contributed by atoms with E-state index in [0.717, 1.165) is 60.9 Å². The number of thiophene rings is 1. The number of anilines is 1. The van der Waals surface area contributed by atoms with E-state index in [1.165, 1.54) is 54.2 Å². The van der Waals surface area contributed by atoms with Gasteiger partial charge in [0, 0.05) is 16.8 Å². The van der Waals surface area contributed by atoms with Gasteiger partial charge < -0.3 is 0 Å². The van der Waals surface area contributed by atoms with Crippen LogP contribution in [0.5, 0.6) is 0 Å². The molecule has 4 aromatic rings. The van der Waals surface area contributed by atoms with Gasteiger partial charge in [-0.15, -0.1) is 16.4 Å². The fourth-order valence-corrected chi connectivity index (χ4v) is 8.94. The zero-order chi connectivity index (χ0) is 28.7. The second-order valence-electron chi connectivity index (χ2n) is 10.9. The molecule has 0 N–H and O–H groups in total. The van der Waals surface area contributed by atoms with Gasteiger partial charge in [-0.25, -0.2) is 12.7 Å². The smallest absolute Gasteiger partial charge is 0.252 e. The van der Waals surface area contributed by atoms with Gasteiger partial charge in [-0.05, 0) is 49.1 Å². The summed E-state index contributed by atoms with van der Waals surface area (Å²) in [5.41, 5.74) is 2.07. The molecule has 0 radical (unpaired) electrons. The van der Waals surface area contributed by atoms with Crippen molar-refractivity contribution in [3.05, 3.63) is 70.4 Å². The molecule has 2 aromatic heterocycles. The van der Waals surface area contributed by atoms with Crippen molar-refractivity contribution in [2.75, 3.05) is 4.31 Å². The van der Waals surface area contributed by atoms with E-state index in [1.807, 2.05) is 41.2 Å². The van der Waals surface area contributed by atoms with Gasteiger partial charge in [-0.2, -0.15) is 5.26 Å². The molecule has 0 spiro atoms. The van der Waals surface area contributed by atoms with Crippen LogP contribution in [0.2, 0.25) is 0 Å². The maximum absolute atomic E-state index is 14.4. The van der Waals surface area contributed by atoms with E-state index in [2.05, 4.69) is 23.3 Å². The molecule has 7 nitrogen and oxygen atoms in total. The number of aromatic nitrogens is 3. The predicted molar refractivity (Wildman–Crippen MR) is 166 cm³/mol. The minimum absolute atomic E-state index is 0.0249. The van der Waals surface area contributed by atoms with Crippen molar-refractivity contribution < 1.29 is 8.42 Å². The summed E-state index contributed by atoms with van der Waals surface area (Å²) in [6.07, 6.45) is 15.5. The molecule has 0 saturated carbocycles. The van der Waals surface area contributed by atoms with E-state index < -0.39 is 10.0 Å². The number of nitrogens with zero attached hydrogens (tertiary/aromatic N) is 5. The fourth-order valence-electron chi connectivity index (χ4n) is 5.72. The quantitative estimate of drug-likeness (QED) is 0.140. The van der Waals surface area contributed by atoms with Crippen LogP contribution >= 0.6 is 11.3 Å². The Labute approximate surface area is 247 Å². The van der Waals surface area contributed by atoms with Crippen molar-refractivity contribution in [1.82, 2.24) is 15.0 Å². The van der Waals surface area contributed by atoms with Crippen molar-refractivity contribution in [3.63, 3.8) is 0 Å². The summed E-state index contributed by atoms with van der Waals surface area (Å²) in [7, 11) is -4.02. The van der Waals surface area contributed by atoms with Crippen LogP contribution in [0.15, 0.2) is 53.6 Å². The third-order valence-electron chi connectivity index (χ3n) is 7.94. The molecule has 5 rings (SSSR count). The number of rotatable bonds is 14. The molecule has 0 saturated heterocycles. The van der Waals surface area contributed by atoms with Crippen molar-refractivity contribution in [1.29, 1.82) is 5.26 Å². The first-order valence-electron chi connectivity index (χ1n) is 15.0. The topological polar surface area (TPSA) is 91.9 Å². The minimum Gasteiger partial charge on any atom is -0.252 e. The molecule has 1 aliphatic carbocycles. The highest BCUT2D eigenvalue weighted by atomic mass is 32.2. The minimum atomic E-state index is -4.02. The Morgan fingerprint density at radius 1 is 0.976 bits per heavy atom. The van der Waals surface area contributed by atoms with Gasteiger partial charge in [0.15, 0.2) is 0 Å². The van der Waals surface area contributed by atoms with E-state index in [-0.39, 0.29) is 11.4 Å². The first-order valence-corrected chi connectivity index (χ1v) is 17.2. The zero-order valence-electron chi connectivity index (χ0n) is 23.9. The van der Waals surface area contributed by atoms with Crippen LogP contribution in [-0.2, 0) is 36.0 Å². The number of sulfonamides is 1. The normalized spacial score (nSPS) is 13.3. The molecule has 0 unspecified atom stereocenters. The Morgan fingerprint density at radius 3 is 2.51 bits per heavy atom. The monoisotopic (exact) mass is 589 g/mol. The first-order chi connectivity index (χ1) is 20.0. The lowest BCUT2D eigenvalue weighted by Crippen LogP contribution is -2.31. The number of nitriles is 1. The summed E-state index contributed by atoms with van der Waals surface area (Å²) in [4.78, 5) is 1.36. The van der Waals surface area contributed by atoms with Crippen molar-refractivity contribution in [2.45, 2.75) is 102 Å². The van der Waals surface area contributed by atoms with Gasteiger partial charge in [-0.3, -0.25) is 4.68 Å². The highest BCUT2D eigenvalue weighted by Gasteiger charge is 2.33. The Balaban J connectivity index is 1.41. The van der Waals surface area contributed by atoms with Crippen LogP contribution < -0.4 is 4.31 Å². The number of aryl methyl sites for hydroxylation is 2. The van der Waals surface area contributed by atoms with Crippen LogP contribution in [0, 0.1) is 11.3 Å². The lowest BCUT2D eigenvalue weighted by Gasteiger charge is -2.23. The highest BCUT2D eigenvalue weighted by Crippen LogP contribution is 2.42. The Kier molecular flexibility index (Phi) is 9.73. The first kappa shape index (κ1) is 29.3. The Bertz CT molecular complexity index is 1610. The average molecular weight is 590 g/mol. The van der Waals surface area contributed by atoms with E-state index >= 15 is 0 Å². The maximum atomic E-state index is 14.4. The third kappa shape index (κ3) is 6.65. The van der Waals surface area contributed by atoms with Gasteiger partial charge in [0.25, 0.3) is 10.0 Å². The van der Waals surface area contributed by atoms with E-state index in [4.69, 9.17) is 0 Å². The molecular formula is C32H39N5O2S2. The molecule has 0 amide bonds. The van der Waals surface area contributed by atoms with Crippen LogP contribution in [0.3, 0.4) is 0 Å². The summed E-state index contributed by atoms with van der Waals surface area (Å²) in [5, 5.41) is 20.9. The SMILES string of the molecule is CCCCCCCCCCn1cc(CN(c2sc3c(c2C#N)CCCC3)S(=O)(=O)c2cccc3ccccc23)nn1. The number of hydrogen-bond acceptors (Lipinski definition) is 6. The highest BCUT2D eigenvalue weighted by molar-refractivity contribution is 7.93. The average Bonchev–Trinajstić information content (AvgIpc) is 3.60. The van der Waals surface area contributed by atoms with Gasteiger partial charge in [0.05, 0.1) is 23.2 Å². The largest absolute Gasteiger partial charge is 0.265 e. The van der Waals surface area contributed by atoms with Crippen LogP contribution in [0.25, 0.3) is 10.8 Å². The summed E-state index contributed by atoms with van der Waals surface area (Å²) in [6.45, 7) is 3.02. The number of fused-ring (bicyclic) bond motifs is 2. The molecule has 41 heavy (non-hydrogen) atoms. The number of benzene rings is 2. The Hall–Kier alpha value is -3.22. The number of hydrogen-bond donors (Lipinski definition) is 0. The van der Waals surface area contributed by atoms with Crippen LogP contribution in [-0.4, -0.2) is 23.4 Å². The second-order valence-corrected chi connectivity index (χ2v) is 13.9. The second kappa shape index (κ2) is 13.6. The molecular weight excluding hydrogens is 551 g/mol. The van der Waals surface area contributed by atoms with Crippen LogP contribution in [0.1, 0.15) is 92.8 Å². The summed E-state index contributed by atoms with van der Waals surface area (Å²) in [5.74, 6) is 0. The molecule has 0 fully saturated rings. The van der Waals surface area contributed by atoms with Crippen LogP contribution in [0.4, 0.5) is 5.00 Å². The lowest BCUT2D eigenvalue weighted by atomic mass is 9.96. The zero-order valence-corrected chi connectivity index (χ0v) is 25.5. The van der Waals surface area contributed by atoms with Gasteiger partial charge in [-0.1, -0.05) is 93.5 Å². The van der Waals surface area contributed by atoms with E-state index in [9.17, 15) is 13.7 Å². The van der Waals surface area contributed by atoms with E-state index in [1.54, 1.807) is 12.1 Å². The summed E-state index contributed by atoms with van der Waals surface area (Å²) in [6, 6.07) is 15.2. The van der Waals surface area contributed by atoms with Gasteiger partial charge in [0.2, 0.25) is 0 Å².